The Labute approximate surface area is 121 Å². The lowest BCUT2D eigenvalue weighted by molar-refractivity contribution is 0.0949. The second kappa shape index (κ2) is 6.66. The molecule has 0 saturated heterocycles. The molecule has 2 aromatic rings. The maximum Gasteiger partial charge on any atom is 0.253 e. The molecule has 0 fully saturated rings. The fourth-order valence-electron chi connectivity index (χ4n) is 1.94. The smallest absolute Gasteiger partial charge is 0.253 e. The number of amides is 1. The molecule has 1 heterocycles. The topological polar surface area (TPSA) is 42.0 Å². The number of aromatic nitrogens is 1. The van der Waals surface area contributed by atoms with Crippen LogP contribution in [0.4, 0.5) is 0 Å². The Morgan fingerprint density at radius 2 is 2.16 bits per heavy atom. The van der Waals surface area contributed by atoms with Gasteiger partial charge in [0.15, 0.2) is 0 Å². The van der Waals surface area contributed by atoms with Gasteiger partial charge in [-0.1, -0.05) is 41.1 Å². The van der Waals surface area contributed by atoms with Gasteiger partial charge < -0.3 is 5.32 Å². The lowest BCUT2D eigenvalue weighted by Crippen LogP contribution is -2.28. The average molecular weight is 321 g/mol. The van der Waals surface area contributed by atoms with E-state index in [1.165, 1.54) is 0 Å². The monoisotopic (exact) mass is 320 g/mol. The third-order valence-corrected chi connectivity index (χ3v) is 3.55. The second-order valence-electron chi connectivity index (χ2n) is 4.67. The van der Waals surface area contributed by atoms with E-state index in [1.54, 1.807) is 6.20 Å². The van der Waals surface area contributed by atoms with Crippen LogP contribution < -0.4 is 5.32 Å². The van der Waals surface area contributed by atoms with Crippen molar-refractivity contribution < 1.29 is 4.79 Å². The number of carbonyl (C=O) groups excluding carboxylic acids is 1. The second-order valence-corrected chi connectivity index (χ2v) is 5.47. The highest BCUT2D eigenvalue weighted by Gasteiger charge is 2.11. The van der Waals surface area contributed by atoms with E-state index < -0.39 is 0 Å². The van der Waals surface area contributed by atoms with Gasteiger partial charge in [-0.3, -0.25) is 9.78 Å². The number of nitrogens with zero attached hydrogens (tertiary/aromatic N) is 1. The molecule has 1 aromatic carbocycles. The minimum Gasteiger partial charge on any atom is -0.352 e. The molecule has 19 heavy (non-hydrogen) atoms. The molecule has 3 nitrogen and oxygen atoms in total. The molecule has 4 heteroatoms. The molecular weight excluding hydrogens is 304 g/mol. The number of pyridine rings is 1. The number of fused-ring (bicyclic) bond motifs is 1. The minimum atomic E-state index is -0.0503. The van der Waals surface area contributed by atoms with Gasteiger partial charge in [-0.2, -0.15) is 0 Å². The Morgan fingerprint density at radius 3 is 2.95 bits per heavy atom. The molecule has 1 N–H and O–H groups in total. The number of alkyl halides is 1. The summed E-state index contributed by atoms with van der Waals surface area (Å²) >= 11 is 3.41. The third-order valence-electron chi connectivity index (χ3n) is 3.09. The molecule has 100 valence electrons. The highest BCUT2D eigenvalue weighted by Crippen LogP contribution is 2.15. The molecule has 0 spiro atoms. The van der Waals surface area contributed by atoms with Crippen molar-refractivity contribution in [2.75, 3.05) is 11.9 Å². The molecule has 2 rings (SSSR count). The van der Waals surface area contributed by atoms with Crippen LogP contribution in [-0.2, 0) is 0 Å². The van der Waals surface area contributed by atoms with Gasteiger partial charge in [0.1, 0.15) is 0 Å². The Morgan fingerprint density at radius 1 is 1.37 bits per heavy atom. The normalized spacial score (nSPS) is 12.3. The number of hydrogen-bond donors (Lipinski definition) is 1. The first kappa shape index (κ1) is 14.0. The van der Waals surface area contributed by atoms with Crippen molar-refractivity contribution in [3.05, 3.63) is 42.1 Å². The number of para-hydroxylation sites is 1. The zero-order valence-corrected chi connectivity index (χ0v) is 12.5. The fourth-order valence-corrected chi connectivity index (χ4v) is 2.72. The Hall–Kier alpha value is -1.42. The molecule has 1 aromatic heterocycles. The van der Waals surface area contributed by atoms with Crippen molar-refractivity contribution in [2.45, 2.75) is 13.3 Å². The van der Waals surface area contributed by atoms with Crippen LogP contribution in [0, 0.1) is 5.92 Å². The largest absolute Gasteiger partial charge is 0.352 e. The lowest BCUT2D eigenvalue weighted by Gasteiger charge is -2.11. The molecular formula is C15H17BrN2O. The van der Waals surface area contributed by atoms with Gasteiger partial charge in [0, 0.05) is 23.5 Å². The van der Waals surface area contributed by atoms with Crippen molar-refractivity contribution >= 4 is 32.7 Å². The number of nitrogens with one attached hydrogen (secondary N) is 1. The predicted molar refractivity (Wildman–Crippen MR) is 81.7 cm³/mol. The van der Waals surface area contributed by atoms with E-state index in [1.807, 2.05) is 30.3 Å². The lowest BCUT2D eigenvalue weighted by atomic mass is 10.1. The van der Waals surface area contributed by atoms with Crippen LogP contribution in [0.2, 0.25) is 0 Å². The zero-order valence-electron chi connectivity index (χ0n) is 10.9. The molecule has 0 saturated carbocycles. The van der Waals surface area contributed by atoms with Crippen LogP contribution in [0.15, 0.2) is 36.5 Å². The van der Waals surface area contributed by atoms with Gasteiger partial charge >= 0.3 is 0 Å². The van der Waals surface area contributed by atoms with Gasteiger partial charge in [0.25, 0.3) is 5.91 Å². The van der Waals surface area contributed by atoms with Crippen LogP contribution in [0.5, 0.6) is 0 Å². The average Bonchev–Trinajstić information content (AvgIpc) is 2.44. The van der Waals surface area contributed by atoms with E-state index in [9.17, 15) is 4.79 Å². The molecule has 0 aliphatic carbocycles. The Balaban J connectivity index is 2.13. The van der Waals surface area contributed by atoms with Crippen LogP contribution in [0.3, 0.4) is 0 Å². The number of hydrogen-bond acceptors (Lipinski definition) is 2. The maximum atomic E-state index is 12.2. The summed E-state index contributed by atoms with van der Waals surface area (Å²) in [5.41, 5.74) is 1.40. The molecule has 1 unspecified atom stereocenters. The number of benzene rings is 1. The SMILES string of the molecule is CC(CCBr)CNC(=O)c1cccc2cccnc12. The summed E-state index contributed by atoms with van der Waals surface area (Å²) in [5, 5.41) is 4.92. The fraction of sp³-hybridized carbons (Fsp3) is 0.333. The summed E-state index contributed by atoms with van der Waals surface area (Å²) in [7, 11) is 0. The molecule has 0 bridgehead atoms. The molecule has 0 aliphatic heterocycles. The standard InChI is InChI=1S/C15H17BrN2O/c1-11(7-8-16)10-18-15(19)13-6-2-4-12-5-3-9-17-14(12)13/h2-6,9,11H,7-8,10H2,1H3,(H,18,19). The van der Waals surface area contributed by atoms with Crippen molar-refractivity contribution in [3.63, 3.8) is 0 Å². The van der Waals surface area contributed by atoms with E-state index in [4.69, 9.17) is 0 Å². The first-order valence-electron chi connectivity index (χ1n) is 6.40. The Bertz CT molecular complexity index is 566. The summed E-state index contributed by atoms with van der Waals surface area (Å²) in [6, 6.07) is 9.52. The van der Waals surface area contributed by atoms with E-state index in [-0.39, 0.29) is 5.91 Å². The van der Waals surface area contributed by atoms with Gasteiger partial charge in [0.2, 0.25) is 0 Å². The molecule has 0 aliphatic rings. The van der Waals surface area contributed by atoms with Gasteiger partial charge in [-0.15, -0.1) is 0 Å². The van der Waals surface area contributed by atoms with Crippen LogP contribution >= 0.6 is 15.9 Å². The van der Waals surface area contributed by atoms with E-state index in [0.717, 1.165) is 22.7 Å². The van der Waals surface area contributed by atoms with Crippen LogP contribution in [0.1, 0.15) is 23.7 Å². The Kier molecular flexibility index (Phi) is 4.91. The quantitative estimate of drug-likeness (QED) is 0.858. The van der Waals surface area contributed by atoms with E-state index >= 15 is 0 Å². The molecule has 1 amide bonds. The van der Waals surface area contributed by atoms with Crippen molar-refractivity contribution in [1.82, 2.24) is 10.3 Å². The van der Waals surface area contributed by atoms with Crippen LogP contribution in [0.25, 0.3) is 10.9 Å². The van der Waals surface area contributed by atoms with E-state index in [0.29, 0.717) is 18.0 Å². The van der Waals surface area contributed by atoms with Crippen LogP contribution in [-0.4, -0.2) is 22.8 Å². The molecule has 0 radical (unpaired) electrons. The highest BCUT2D eigenvalue weighted by molar-refractivity contribution is 9.09. The maximum absolute atomic E-state index is 12.2. The summed E-state index contributed by atoms with van der Waals surface area (Å²) < 4.78 is 0. The van der Waals surface area contributed by atoms with Crippen molar-refractivity contribution in [2.24, 2.45) is 5.92 Å². The summed E-state index contributed by atoms with van der Waals surface area (Å²) in [4.78, 5) is 16.5. The summed E-state index contributed by atoms with van der Waals surface area (Å²) in [6.45, 7) is 2.82. The highest BCUT2D eigenvalue weighted by atomic mass is 79.9. The van der Waals surface area contributed by atoms with Crippen molar-refractivity contribution in [3.8, 4) is 0 Å². The van der Waals surface area contributed by atoms with Gasteiger partial charge in [-0.05, 0) is 24.5 Å². The first-order valence-corrected chi connectivity index (χ1v) is 7.52. The van der Waals surface area contributed by atoms with Gasteiger partial charge in [-0.25, -0.2) is 0 Å². The molecule has 1 atom stereocenters. The van der Waals surface area contributed by atoms with E-state index in [2.05, 4.69) is 33.2 Å². The number of halogens is 1. The number of rotatable bonds is 5. The number of carbonyl (C=O) groups is 1. The predicted octanol–water partition coefficient (Wildman–Crippen LogP) is 3.39. The minimum absolute atomic E-state index is 0.0503. The third kappa shape index (κ3) is 3.53. The zero-order chi connectivity index (χ0) is 13.7. The summed E-state index contributed by atoms with van der Waals surface area (Å²) in [5.74, 6) is 0.414. The van der Waals surface area contributed by atoms with Crippen molar-refractivity contribution in [1.29, 1.82) is 0 Å². The summed E-state index contributed by atoms with van der Waals surface area (Å²) in [6.07, 6.45) is 2.76. The van der Waals surface area contributed by atoms with Gasteiger partial charge in [0.05, 0.1) is 11.1 Å². The first-order chi connectivity index (χ1) is 9.22.